The average molecular weight is 312 g/mol. The van der Waals surface area contributed by atoms with Gasteiger partial charge in [0.25, 0.3) is 0 Å². The highest BCUT2D eigenvalue weighted by molar-refractivity contribution is 6.18. The van der Waals surface area contributed by atoms with E-state index in [0.717, 1.165) is 31.6 Å². The highest BCUT2D eigenvalue weighted by Gasteiger charge is 2.18. The smallest absolute Gasteiger partial charge is 0.319 e. The Kier molecular flexibility index (Phi) is 6.14. The van der Waals surface area contributed by atoms with Crippen molar-refractivity contribution in [3.8, 4) is 0 Å². The van der Waals surface area contributed by atoms with Crippen molar-refractivity contribution in [2.24, 2.45) is 0 Å². The number of methoxy groups -OCH3 is 1. The fourth-order valence-corrected chi connectivity index (χ4v) is 2.54. The molecule has 0 aromatic heterocycles. The lowest BCUT2D eigenvalue weighted by molar-refractivity contribution is 0.0819. The second kappa shape index (κ2) is 8.10. The Hall–Kier alpha value is -1.46. The largest absolute Gasteiger partial charge is 0.381 e. The number of hydrogen-bond acceptors (Lipinski definition) is 3. The molecule has 0 saturated carbocycles. The Morgan fingerprint density at radius 3 is 2.57 bits per heavy atom. The van der Waals surface area contributed by atoms with E-state index in [9.17, 15) is 4.79 Å². The van der Waals surface area contributed by atoms with E-state index in [-0.39, 0.29) is 6.03 Å². The van der Waals surface area contributed by atoms with Crippen LogP contribution in [0.4, 0.5) is 16.2 Å². The fourth-order valence-electron chi connectivity index (χ4n) is 2.44. The summed E-state index contributed by atoms with van der Waals surface area (Å²) in [7, 11) is 1.77. The molecule has 116 valence electrons. The van der Waals surface area contributed by atoms with Gasteiger partial charge in [0.2, 0.25) is 0 Å². The number of carbonyl (C=O) groups excluding carboxylic acids is 1. The number of amides is 2. The minimum Gasteiger partial charge on any atom is -0.381 e. The monoisotopic (exact) mass is 311 g/mol. The van der Waals surface area contributed by atoms with Gasteiger partial charge in [0.05, 0.1) is 6.10 Å². The van der Waals surface area contributed by atoms with Gasteiger partial charge in [-0.1, -0.05) is 0 Å². The first kappa shape index (κ1) is 15.9. The van der Waals surface area contributed by atoms with Gasteiger partial charge in [-0.3, -0.25) is 0 Å². The van der Waals surface area contributed by atoms with Crippen LogP contribution < -0.4 is 15.5 Å². The third-order valence-corrected chi connectivity index (χ3v) is 3.83. The number of alkyl halides is 1. The molecule has 2 N–H and O–H groups in total. The Labute approximate surface area is 130 Å². The zero-order valence-corrected chi connectivity index (χ0v) is 13.0. The highest BCUT2D eigenvalue weighted by atomic mass is 35.5. The molecule has 1 aliphatic rings. The molecule has 1 aromatic carbocycles. The molecule has 5 nitrogen and oxygen atoms in total. The van der Waals surface area contributed by atoms with Crippen molar-refractivity contribution in [2.45, 2.75) is 18.9 Å². The van der Waals surface area contributed by atoms with Gasteiger partial charge in [-0.15, -0.1) is 11.6 Å². The molecule has 1 heterocycles. The summed E-state index contributed by atoms with van der Waals surface area (Å²) in [6.45, 7) is 2.46. The first-order valence-corrected chi connectivity index (χ1v) is 7.75. The van der Waals surface area contributed by atoms with Crippen LogP contribution in [-0.4, -0.2) is 44.8 Å². The van der Waals surface area contributed by atoms with Gasteiger partial charge in [-0.05, 0) is 37.1 Å². The SMILES string of the molecule is COC1CCN(c2ccc(NC(=O)NCCCl)cc2)CC1. The maximum Gasteiger partial charge on any atom is 0.319 e. The van der Waals surface area contributed by atoms with Gasteiger partial charge in [0, 0.05) is 44.0 Å². The van der Waals surface area contributed by atoms with Crippen molar-refractivity contribution in [1.29, 1.82) is 0 Å². The van der Waals surface area contributed by atoms with E-state index in [1.54, 1.807) is 7.11 Å². The Morgan fingerprint density at radius 1 is 1.33 bits per heavy atom. The number of anilines is 2. The predicted octanol–water partition coefficient (Wildman–Crippen LogP) is 2.66. The van der Waals surface area contributed by atoms with Gasteiger partial charge >= 0.3 is 6.03 Å². The number of ether oxygens (including phenoxy) is 1. The summed E-state index contributed by atoms with van der Waals surface area (Å²) in [5.41, 5.74) is 1.95. The van der Waals surface area contributed by atoms with Gasteiger partial charge in [0.1, 0.15) is 0 Å². The second-order valence-corrected chi connectivity index (χ2v) is 5.42. The topological polar surface area (TPSA) is 53.6 Å². The third-order valence-electron chi connectivity index (χ3n) is 3.65. The number of rotatable bonds is 5. The number of hydrogen-bond donors (Lipinski definition) is 2. The quantitative estimate of drug-likeness (QED) is 0.822. The minimum atomic E-state index is -0.232. The number of nitrogens with one attached hydrogen (secondary N) is 2. The van der Waals surface area contributed by atoms with Crippen LogP contribution in [0.3, 0.4) is 0 Å². The molecule has 1 aromatic rings. The normalized spacial score (nSPS) is 15.8. The van der Waals surface area contributed by atoms with Crippen LogP contribution in [-0.2, 0) is 4.74 Å². The van der Waals surface area contributed by atoms with Crippen molar-refractivity contribution in [2.75, 3.05) is 42.8 Å². The summed E-state index contributed by atoms with van der Waals surface area (Å²) in [6, 6.07) is 7.66. The summed E-state index contributed by atoms with van der Waals surface area (Å²) < 4.78 is 5.38. The third kappa shape index (κ3) is 4.79. The molecule has 6 heteroatoms. The average Bonchev–Trinajstić information content (AvgIpc) is 2.54. The van der Waals surface area contributed by atoms with E-state index >= 15 is 0 Å². The van der Waals surface area contributed by atoms with E-state index in [4.69, 9.17) is 16.3 Å². The van der Waals surface area contributed by atoms with E-state index in [0.29, 0.717) is 18.5 Å². The standard InChI is InChI=1S/C15H22ClN3O2/c1-21-14-6-10-19(11-7-14)13-4-2-12(3-5-13)18-15(20)17-9-8-16/h2-5,14H,6-11H2,1H3,(H2,17,18,20). The summed E-state index contributed by atoms with van der Waals surface area (Å²) >= 11 is 5.52. The fraction of sp³-hybridized carbons (Fsp3) is 0.533. The lowest BCUT2D eigenvalue weighted by Crippen LogP contribution is -2.36. The van der Waals surface area contributed by atoms with Gasteiger partial charge in [-0.25, -0.2) is 4.79 Å². The van der Waals surface area contributed by atoms with Crippen molar-refractivity contribution in [1.82, 2.24) is 5.32 Å². The molecule has 0 atom stereocenters. The van der Waals surface area contributed by atoms with E-state index in [1.807, 2.05) is 24.3 Å². The molecule has 2 amide bonds. The van der Waals surface area contributed by atoms with Gasteiger partial charge in [0.15, 0.2) is 0 Å². The van der Waals surface area contributed by atoms with Crippen LogP contribution in [0.1, 0.15) is 12.8 Å². The van der Waals surface area contributed by atoms with E-state index in [1.165, 1.54) is 5.69 Å². The number of carbonyl (C=O) groups is 1. The van der Waals surface area contributed by atoms with Crippen molar-refractivity contribution < 1.29 is 9.53 Å². The molecule has 0 unspecified atom stereocenters. The maximum atomic E-state index is 11.5. The van der Waals surface area contributed by atoms with Crippen molar-refractivity contribution in [3.63, 3.8) is 0 Å². The molecular formula is C15H22ClN3O2. The maximum absolute atomic E-state index is 11.5. The van der Waals surface area contributed by atoms with Crippen LogP contribution in [0.25, 0.3) is 0 Å². The molecule has 21 heavy (non-hydrogen) atoms. The van der Waals surface area contributed by atoms with Crippen LogP contribution in [0, 0.1) is 0 Å². The van der Waals surface area contributed by atoms with Crippen LogP contribution in [0.2, 0.25) is 0 Å². The van der Waals surface area contributed by atoms with Crippen LogP contribution in [0.15, 0.2) is 24.3 Å². The molecule has 0 aliphatic carbocycles. The van der Waals surface area contributed by atoms with Gasteiger partial charge < -0.3 is 20.3 Å². The zero-order chi connectivity index (χ0) is 15.1. The lowest BCUT2D eigenvalue weighted by atomic mass is 10.1. The number of benzene rings is 1. The van der Waals surface area contributed by atoms with Crippen molar-refractivity contribution in [3.05, 3.63) is 24.3 Å². The minimum absolute atomic E-state index is 0.232. The summed E-state index contributed by atoms with van der Waals surface area (Å²) in [5.74, 6) is 0.407. The van der Waals surface area contributed by atoms with E-state index in [2.05, 4.69) is 15.5 Å². The number of halogens is 1. The molecule has 2 rings (SSSR count). The van der Waals surface area contributed by atoms with Crippen molar-refractivity contribution >= 4 is 29.0 Å². The summed E-state index contributed by atoms with van der Waals surface area (Å²) in [5, 5.41) is 5.44. The first-order chi connectivity index (χ1) is 10.2. The van der Waals surface area contributed by atoms with E-state index < -0.39 is 0 Å². The highest BCUT2D eigenvalue weighted by Crippen LogP contribution is 2.22. The van der Waals surface area contributed by atoms with Crippen LogP contribution >= 0.6 is 11.6 Å². The Bertz CT molecular complexity index is 445. The lowest BCUT2D eigenvalue weighted by Gasteiger charge is -2.33. The predicted molar refractivity (Wildman–Crippen MR) is 86.4 cm³/mol. The Morgan fingerprint density at radius 2 is 2.00 bits per heavy atom. The Balaban J connectivity index is 1.86. The number of piperidine rings is 1. The first-order valence-electron chi connectivity index (χ1n) is 7.21. The summed E-state index contributed by atoms with van der Waals surface area (Å²) in [4.78, 5) is 13.9. The van der Waals surface area contributed by atoms with Gasteiger partial charge in [-0.2, -0.15) is 0 Å². The molecule has 1 saturated heterocycles. The summed E-state index contributed by atoms with van der Waals surface area (Å²) in [6.07, 6.45) is 2.49. The molecule has 1 aliphatic heterocycles. The zero-order valence-electron chi connectivity index (χ0n) is 12.3. The molecule has 0 spiro atoms. The molecular weight excluding hydrogens is 290 g/mol. The molecule has 1 fully saturated rings. The number of nitrogens with zero attached hydrogens (tertiary/aromatic N) is 1. The number of urea groups is 1. The second-order valence-electron chi connectivity index (χ2n) is 5.04. The van der Waals surface area contributed by atoms with Crippen LogP contribution in [0.5, 0.6) is 0 Å². The molecule has 0 bridgehead atoms. The molecule has 0 radical (unpaired) electrons.